The van der Waals surface area contributed by atoms with Gasteiger partial charge in [0.25, 0.3) is 0 Å². The zero-order chi connectivity index (χ0) is 16.9. The number of nitriles is 2. The van der Waals surface area contributed by atoms with Crippen LogP contribution in [0.5, 0.6) is 0 Å². The van der Waals surface area contributed by atoms with Gasteiger partial charge in [0.2, 0.25) is 0 Å². The predicted molar refractivity (Wildman–Crippen MR) is 92.2 cm³/mol. The second-order valence-electron chi connectivity index (χ2n) is 5.08. The second kappa shape index (κ2) is 6.95. The molecule has 114 valence electrons. The fourth-order valence-electron chi connectivity index (χ4n) is 2.15. The fraction of sp³-hybridized carbons (Fsp3) is 0.0526. The molecule has 0 unspecified atom stereocenters. The Balaban J connectivity index is 2.14. The van der Waals surface area contributed by atoms with E-state index in [9.17, 15) is 10.5 Å². The van der Waals surface area contributed by atoms with E-state index in [0.717, 1.165) is 10.5 Å². The average molecular weight is 328 g/mol. The van der Waals surface area contributed by atoms with Crippen molar-refractivity contribution < 1.29 is 0 Å². The van der Waals surface area contributed by atoms with Crippen LogP contribution < -0.4 is 0 Å². The van der Waals surface area contributed by atoms with Gasteiger partial charge < -0.3 is 0 Å². The monoisotopic (exact) mass is 328 g/mol. The molecule has 0 atom stereocenters. The third-order valence-electron chi connectivity index (χ3n) is 3.36. The number of benzene rings is 2. The topological polar surface area (TPSA) is 73.4 Å². The van der Waals surface area contributed by atoms with Crippen LogP contribution in [-0.2, 0) is 0 Å². The fourth-order valence-corrected chi connectivity index (χ4v) is 3.04. The maximum absolute atomic E-state index is 9.23. The SMILES string of the molecule is Cc1ccc(Sc2nc(C#N)c(C#N)nc2-c2ccccc2)cc1. The van der Waals surface area contributed by atoms with Crippen LogP contribution in [0.4, 0.5) is 0 Å². The Bertz CT molecular complexity index is 952. The van der Waals surface area contributed by atoms with Gasteiger partial charge in [-0.05, 0) is 19.1 Å². The normalized spacial score (nSPS) is 9.96. The van der Waals surface area contributed by atoms with Crippen LogP contribution in [0, 0.1) is 29.6 Å². The van der Waals surface area contributed by atoms with Gasteiger partial charge in [-0.2, -0.15) is 10.5 Å². The molecule has 0 radical (unpaired) electrons. The molecule has 24 heavy (non-hydrogen) atoms. The molecule has 5 heteroatoms. The first kappa shape index (κ1) is 15.7. The molecule has 1 aromatic heterocycles. The molecule has 0 aliphatic heterocycles. The first-order valence-corrected chi connectivity index (χ1v) is 8.05. The largest absolute Gasteiger partial charge is 0.231 e. The van der Waals surface area contributed by atoms with E-state index in [-0.39, 0.29) is 11.4 Å². The van der Waals surface area contributed by atoms with E-state index in [0.29, 0.717) is 10.7 Å². The first-order valence-electron chi connectivity index (χ1n) is 7.23. The molecular weight excluding hydrogens is 316 g/mol. The summed E-state index contributed by atoms with van der Waals surface area (Å²) >= 11 is 1.43. The van der Waals surface area contributed by atoms with Gasteiger partial charge in [-0.3, -0.25) is 0 Å². The minimum atomic E-state index is 0.0459. The lowest BCUT2D eigenvalue weighted by molar-refractivity contribution is 1.02. The molecule has 2 aromatic carbocycles. The molecular formula is C19H12N4S. The number of aromatic nitrogens is 2. The Morgan fingerprint density at radius 2 is 1.46 bits per heavy atom. The molecule has 3 rings (SSSR count). The second-order valence-corrected chi connectivity index (χ2v) is 6.14. The zero-order valence-corrected chi connectivity index (χ0v) is 13.7. The maximum Gasteiger partial charge on any atom is 0.178 e. The molecule has 4 nitrogen and oxygen atoms in total. The van der Waals surface area contributed by atoms with E-state index >= 15 is 0 Å². The van der Waals surface area contributed by atoms with E-state index in [1.165, 1.54) is 17.3 Å². The third kappa shape index (κ3) is 3.27. The van der Waals surface area contributed by atoms with Crippen molar-refractivity contribution in [1.82, 2.24) is 9.97 Å². The minimum absolute atomic E-state index is 0.0459. The molecule has 1 heterocycles. The molecule has 0 saturated heterocycles. The highest BCUT2D eigenvalue weighted by molar-refractivity contribution is 7.99. The van der Waals surface area contributed by atoms with E-state index in [2.05, 4.69) is 9.97 Å². The third-order valence-corrected chi connectivity index (χ3v) is 4.34. The van der Waals surface area contributed by atoms with Gasteiger partial charge in [0.05, 0.1) is 0 Å². The lowest BCUT2D eigenvalue weighted by Gasteiger charge is -2.09. The van der Waals surface area contributed by atoms with Gasteiger partial charge in [-0.25, -0.2) is 9.97 Å². The zero-order valence-electron chi connectivity index (χ0n) is 12.9. The molecule has 0 aliphatic rings. The van der Waals surface area contributed by atoms with Crippen molar-refractivity contribution in [3.05, 3.63) is 71.5 Å². The van der Waals surface area contributed by atoms with Crippen molar-refractivity contribution in [1.29, 1.82) is 10.5 Å². The van der Waals surface area contributed by atoms with Crippen molar-refractivity contribution in [2.75, 3.05) is 0 Å². The van der Waals surface area contributed by atoms with E-state index in [1.807, 2.05) is 73.7 Å². The summed E-state index contributed by atoms with van der Waals surface area (Å²) in [5, 5.41) is 19.1. The van der Waals surface area contributed by atoms with Crippen molar-refractivity contribution in [2.45, 2.75) is 16.8 Å². The molecule has 0 bridgehead atoms. The Hall–Kier alpha value is -3.15. The van der Waals surface area contributed by atoms with Crippen molar-refractivity contribution in [3.8, 4) is 23.4 Å². The molecule has 0 amide bonds. The summed E-state index contributed by atoms with van der Waals surface area (Å²) in [7, 11) is 0. The summed E-state index contributed by atoms with van der Waals surface area (Å²) in [4.78, 5) is 9.75. The Labute approximate surface area is 144 Å². The number of aryl methyl sites for hydroxylation is 1. The molecule has 0 N–H and O–H groups in total. The lowest BCUT2D eigenvalue weighted by atomic mass is 10.1. The maximum atomic E-state index is 9.23. The predicted octanol–water partition coefficient (Wildman–Crippen LogP) is 4.35. The van der Waals surface area contributed by atoms with Crippen molar-refractivity contribution >= 4 is 11.8 Å². The summed E-state index contributed by atoms with van der Waals surface area (Å²) in [6.07, 6.45) is 0. The van der Waals surface area contributed by atoms with Crippen molar-refractivity contribution in [2.24, 2.45) is 0 Å². The molecule has 0 spiro atoms. The van der Waals surface area contributed by atoms with Crippen LogP contribution in [0.3, 0.4) is 0 Å². The first-order chi connectivity index (χ1) is 11.7. The molecule has 0 saturated carbocycles. The molecule has 3 aromatic rings. The van der Waals surface area contributed by atoms with Gasteiger partial charge in [0.15, 0.2) is 11.4 Å². The standard InChI is InChI=1S/C19H12N4S/c1-13-7-9-15(10-8-13)24-19-18(14-5-3-2-4-6-14)22-16(11-20)17(12-21)23-19/h2-10H,1H3. The Kier molecular flexibility index (Phi) is 4.56. The van der Waals surface area contributed by atoms with Crippen LogP contribution >= 0.6 is 11.8 Å². The van der Waals surface area contributed by atoms with E-state index in [4.69, 9.17) is 0 Å². The van der Waals surface area contributed by atoms with Crippen LogP contribution in [0.15, 0.2) is 64.5 Å². The number of nitrogens with zero attached hydrogens (tertiary/aromatic N) is 4. The van der Waals surface area contributed by atoms with Crippen LogP contribution in [-0.4, -0.2) is 9.97 Å². The number of hydrogen-bond donors (Lipinski definition) is 0. The van der Waals surface area contributed by atoms with Crippen LogP contribution in [0.25, 0.3) is 11.3 Å². The molecule has 0 aliphatic carbocycles. The minimum Gasteiger partial charge on any atom is -0.231 e. The Morgan fingerprint density at radius 3 is 2.08 bits per heavy atom. The summed E-state index contributed by atoms with van der Waals surface area (Å²) in [5.74, 6) is 0. The Morgan fingerprint density at radius 1 is 0.833 bits per heavy atom. The summed E-state index contributed by atoms with van der Waals surface area (Å²) in [5.41, 5.74) is 2.74. The van der Waals surface area contributed by atoms with E-state index < -0.39 is 0 Å². The highest BCUT2D eigenvalue weighted by atomic mass is 32.2. The average Bonchev–Trinajstić information content (AvgIpc) is 2.64. The van der Waals surface area contributed by atoms with Gasteiger partial charge in [-0.15, -0.1) is 0 Å². The summed E-state index contributed by atoms with van der Waals surface area (Å²) in [6, 6.07) is 21.5. The van der Waals surface area contributed by atoms with Gasteiger partial charge in [0.1, 0.15) is 22.9 Å². The van der Waals surface area contributed by atoms with Crippen LogP contribution in [0.1, 0.15) is 17.0 Å². The number of rotatable bonds is 3. The van der Waals surface area contributed by atoms with E-state index in [1.54, 1.807) is 0 Å². The molecule has 0 fully saturated rings. The van der Waals surface area contributed by atoms with Crippen molar-refractivity contribution in [3.63, 3.8) is 0 Å². The lowest BCUT2D eigenvalue weighted by Crippen LogP contribution is -2.00. The summed E-state index contributed by atoms with van der Waals surface area (Å²) in [6.45, 7) is 2.03. The highest BCUT2D eigenvalue weighted by Crippen LogP contribution is 2.34. The van der Waals surface area contributed by atoms with Gasteiger partial charge in [0, 0.05) is 10.5 Å². The van der Waals surface area contributed by atoms with Gasteiger partial charge >= 0.3 is 0 Å². The smallest absolute Gasteiger partial charge is 0.178 e. The number of hydrogen-bond acceptors (Lipinski definition) is 5. The summed E-state index contributed by atoms with van der Waals surface area (Å²) < 4.78 is 0. The quantitative estimate of drug-likeness (QED) is 0.714. The van der Waals surface area contributed by atoms with Crippen LogP contribution in [0.2, 0.25) is 0 Å². The highest BCUT2D eigenvalue weighted by Gasteiger charge is 2.16. The van der Waals surface area contributed by atoms with Gasteiger partial charge in [-0.1, -0.05) is 59.8 Å².